The van der Waals surface area contributed by atoms with Crippen molar-refractivity contribution in [3.63, 3.8) is 0 Å². The van der Waals surface area contributed by atoms with Crippen LogP contribution in [0.4, 0.5) is 5.88 Å². The van der Waals surface area contributed by atoms with Gasteiger partial charge in [0.25, 0.3) is 0 Å². The smallest absolute Gasteiger partial charge is 0.244 e. The quantitative estimate of drug-likeness (QED) is 0.719. The predicted octanol–water partition coefficient (Wildman–Crippen LogP) is 3.02. The van der Waals surface area contributed by atoms with Crippen LogP contribution in [0.5, 0.6) is 0 Å². The van der Waals surface area contributed by atoms with Gasteiger partial charge < -0.3 is 4.42 Å². The lowest BCUT2D eigenvalue weighted by atomic mass is 10.2. The van der Waals surface area contributed by atoms with E-state index >= 15 is 0 Å². The summed E-state index contributed by atoms with van der Waals surface area (Å²) in [4.78, 5) is 14.2. The maximum atomic E-state index is 12.9. The second-order valence-electron chi connectivity index (χ2n) is 6.88. The number of rotatable bonds is 5. The van der Waals surface area contributed by atoms with Crippen LogP contribution >= 0.6 is 23.2 Å². The van der Waals surface area contributed by atoms with E-state index in [2.05, 4.69) is 5.32 Å². The van der Waals surface area contributed by atoms with Gasteiger partial charge in [-0.1, -0.05) is 29.3 Å². The van der Waals surface area contributed by atoms with Crippen molar-refractivity contribution in [2.45, 2.75) is 18.7 Å². The average Bonchev–Trinajstić information content (AvgIpc) is 2.96. The third-order valence-corrected chi connectivity index (χ3v) is 7.85. The molecular weight excluding hydrogens is 451 g/mol. The fourth-order valence-electron chi connectivity index (χ4n) is 3.17. The normalized spacial score (nSPS) is 15.7. The van der Waals surface area contributed by atoms with Gasteiger partial charge in [0.15, 0.2) is 0 Å². The minimum absolute atomic E-state index is 0.00157. The Morgan fingerprint density at radius 3 is 2.53 bits per heavy atom. The maximum Gasteiger partial charge on any atom is 0.244 e. The molecule has 8 nitrogen and oxygen atoms in total. The Bertz CT molecular complexity index is 1120. The number of nitriles is 1. The van der Waals surface area contributed by atoms with Crippen LogP contribution < -0.4 is 5.32 Å². The van der Waals surface area contributed by atoms with Gasteiger partial charge in [0.05, 0.1) is 16.6 Å². The SMILES string of the molecule is Cc1oc(NC(=O)CN2CCN(S(=O)(=O)c3cccc(Cl)c3Cl)CC2)c(C#N)c1C. The minimum Gasteiger partial charge on any atom is -0.444 e. The van der Waals surface area contributed by atoms with Gasteiger partial charge in [-0.25, -0.2) is 8.42 Å². The topological polar surface area (TPSA) is 107 Å². The number of piperazine rings is 1. The van der Waals surface area contributed by atoms with Gasteiger partial charge in [-0.2, -0.15) is 9.57 Å². The first kappa shape index (κ1) is 22.6. The zero-order chi connectivity index (χ0) is 22.1. The number of nitrogens with one attached hydrogen (secondary N) is 1. The summed E-state index contributed by atoms with van der Waals surface area (Å²) in [5.74, 6) is 0.365. The Labute approximate surface area is 185 Å². The number of carbonyl (C=O) groups is 1. The monoisotopic (exact) mass is 470 g/mol. The molecule has 1 N–H and O–H groups in total. The number of halogens is 2. The highest BCUT2D eigenvalue weighted by atomic mass is 35.5. The number of sulfonamides is 1. The molecule has 0 saturated carbocycles. The van der Waals surface area contributed by atoms with Crippen molar-refractivity contribution in [2.75, 3.05) is 38.0 Å². The van der Waals surface area contributed by atoms with Gasteiger partial charge in [-0.15, -0.1) is 0 Å². The molecule has 0 unspecified atom stereocenters. The maximum absolute atomic E-state index is 12.9. The standard InChI is InChI=1S/C19H20Cl2N4O4S/c1-12-13(2)29-19(14(12)10-22)23-17(26)11-24-6-8-25(9-7-24)30(27,28)16-5-3-4-15(20)18(16)21/h3-5H,6-9,11H2,1-2H3,(H,23,26). The van der Waals surface area contributed by atoms with Crippen molar-refractivity contribution in [1.29, 1.82) is 5.26 Å². The van der Waals surface area contributed by atoms with E-state index in [1.807, 2.05) is 11.0 Å². The van der Waals surface area contributed by atoms with Gasteiger partial charge in [-0.05, 0) is 26.0 Å². The lowest BCUT2D eigenvalue weighted by Gasteiger charge is -2.33. The van der Waals surface area contributed by atoms with Crippen molar-refractivity contribution in [3.05, 3.63) is 45.1 Å². The first-order valence-corrected chi connectivity index (χ1v) is 11.3. The van der Waals surface area contributed by atoms with E-state index in [9.17, 15) is 18.5 Å². The fraction of sp³-hybridized carbons (Fsp3) is 0.368. The van der Waals surface area contributed by atoms with E-state index in [1.54, 1.807) is 13.8 Å². The molecule has 30 heavy (non-hydrogen) atoms. The molecule has 0 radical (unpaired) electrons. The number of furan rings is 1. The highest BCUT2D eigenvalue weighted by Gasteiger charge is 2.31. The molecule has 1 aliphatic heterocycles. The lowest BCUT2D eigenvalue weighted by Crippen LogP contribution is -2.50. The molecular formula is C19H20Cl2N4O4S. The first-order valence-electron chi connectivity index (χ1n) is 9.11. The number of aryl methyl sites for hydroxylation is 1. The number of carbonyl (C=O) groups excluding carboxylic acids is 1. The second-order valence-corrected chi connectivity index (χ2v) is 9.57. The zero-order valence-electron chi connectivity index (χ0n) is 16.4. The van der Waals surface area contributed by atoms with E-state index in [1.165, 1.54) is 22.5 Å². The van der Waals surface area contributed by atoms with Gasteiger partial charge in [0.1, 0.15) is 22.3 Å². The average molecular weight is 471 g/mol. The molecule has 1 amide bonds. The van der Waals surface area contributed by atoms with Crippen molar-refractivity contribution in [1.82, 2.24) is 9.21 Å². The van der Waals surface area contributed by atoms with Crippen LogP contribution in [0.2, 0.25) is 10.0 Å². The Morgan fingerprint density at radius 1 is 1.23 bits per heavy atom. The Kier molecular flexibility index (Phi) is 6.75. The van der Waals surface area contributed by atoms with Crippen LogP contribution in [0.25, 0.3) is 0 Å². The predicted molar refractivity (Wildman–Crippen MR) is 113 cm³/mol. The highest BCUT2D eigenvalue weighted by molar-refractivity contribution is 7.89. The number of anilines is 1. The Morgan fingerprint density at radius 2 is 1.90 bits per heavy atom. The molecule has 0 bridgehead atoms. The summed E-state index contributed by atoms with van der Waals surface area (Å²) < 4.78 is 32.5. The second kappa shape index (κ2) is 8.96. The molecule has 11 heteroatoms. The van der Waals surface area contributed by atoms with E-state index in [0.717, 1.165) is 0 Å². The molecule has 1 aliphatic rings. The number of benzene rings is 1. The molecule has 1 aromatic carbocycles. The summed E-state index contributed by atoms with van der Waals surface area (Å²) in [6.07, 6.45) is 0. The largest absolute Gasteiger partial charge is 0.444 e. The number of nitrogens with zero attached hydrogens (tertiary/aromatic N) is 3. The van der Waals surface area contributed by atoms with Crippen LogP contribution in [-0.2, 0) is 14.8 Å². The van der Waals surface area contributed by atoms with Crippen molar-refractivity contribution in [3.8, 4) is 6.07 Å². The van der Waals surface area contributed by atoms with Crippen molar-refractivity contribution in [2.24, 2.45) is 0 Å². The van der Waals surface area contributed by atoms with Gasteiger partial charge in [0, 0.05) is 31.7 Å². The lowest BCUT2D eigenvalue weighted by molar-refractivity contribution is -0.117. The summed E-state index contributed by atoms with van der Waals surface area (Å²) in [6, 6.07) is 6.51. The van der Waals surface area contributed by atoms with E-state index in [4.69, 9.17) is 27.6 Å². The summed E-state index contributed by atoms with van der Waals surface area (Å²) in [5.41, 5.74) is 0.987. The van der Waals surface area contributed by atoms with Crippen LogP contribution in [-0.4, -0.2) is 56.3 Å². The van der Waals surface area contributed by atoms with Crippen molar-refractivity contribution < 1.29 is 17.6 Å². The molecule has 2 aromatic rings. The molecule has 0 aliphatic carbocycles. The molecule has 2 heterocycles. The molecule has 160 valence electrons. The molecule has 1 fully saturated rings. The summed E-state index contributed by atoms with van der Waals surface area (Å²) in [5, 5.41) is 12.0. The van der Waals surface area contributed by atoms with Crippen molar-refractivity contribution >= 4 is 45.0 Å². The summed E-state index contributed by atoms with van der Waals surface area (Å²) in [6.45, 7) is 4.67. The molecule has 0 atom stereocenters. The molecule has 1 saturated heterocycles. The van der Waals surface area contributed by atoms with Crippen LogP contribution in [0.1, 0.15) is 16.9 Å². The number of hydrogen-bond acceptors (Lipinski definition) is 6. The molecule has 1 aromatic heterocycles. The number of hydrogen-bond donors (Lipinski definition) is 1. The van der Waals surface area contributed by atoms with E-state index < -0.39 is 10.0 Å². The van der Waals surface area contributed by atoms with Crippen LogP contribution in [0, 0.1) is 25.2 Å². The van der Waals surface area contributed by atoms with Crippen LogP contribution in [0.15, 0.2) is 27.5 Å². The third-order valence-electron chi connectivity index (χ3n) is 4.98. The minimum atomic E-state index is -3.79. The van der Waals surface area contributed by atoms with Crippen LogP contribution in [0.3, 0.4) is 0 Å². The van der Waals surface area contributed by atoms with Gasteiger partial charge >= 0.3 is 0 Å². The summed E-state index contributed by atoms with van der Waals surface area (Å²) >= 11 is 12.0. The van der Waals surface area contributed by atoms with E-state index in [-0.39, 0.29) is 46.4 Å². The fourth-order valence-corrected chi connectivity index (χ4v) is 5.33. The highest BCUT2D eigenvalue weighted by Crippen LogP contribution is 2.31. The Hall–Kier alpha value is -2.09. The van der Waals surface area contributed by atoms with Gasteiger partial charge in [-0.3, -0.25) is 15.0 Å². The Balaban J connectivity index is 1.61. The van der Waals surface area contributed by atoms with Gasteiger partial charge in [0.2, 0.25) is 21.8 Å². The number of amides is 1. The molecule has 0 spiro atoms. The summed E-state index contributed by atoms with van der Waals surface area (Å²) in [7, 11) is -3.79. The third kappa shape index (κ3) is 4.48. The van der Waals surface area contributed by atoms with E-state index in [0.29, 0.717) is 30.0 Å². The zero-order valence-corrected chi connectivity index (χ0v) is 18.7. The molecule has 3 rings (SSSR count). The first-order chi connectivity index (χ1) is 14.1.